The Labute approximate surface area is 184 Å². The van der Waals surface area contributed by atoms with Gasteiger partial charge in [0.25, 0.3) is 5.91 Å². The van der Waals surface area contributed by atoms with E-state index < -0.39 is 0 Å². The van der Waals surface area contributed by atoms with Gasteiger partial charge in [-0.25, -0.2) is 4.98 Å². The zero-order chi connectivity index (χ0) is 19.7. The second kappa shape index (κ2) is 8.25. The quantitative estimate of drug-likeness (QED) is 0.324. The molecule has 3 nitrogen and oxygen atoms in total. The Kier molecular flexibility index (Phi) is 5.73. The van der Waals surface area contributed by atoms with E-state index in [0.29, 0.717) is 16.3 Å². The molecule has 4 aromatic rings. The van der Waals surface area contributed by atoms with Crippen molar-refractivity contribution in [2.75, 3.05) is 5.32 Å². The van der Waals surface area contributed by atoms with Crippen LogP contribution in [0.15, 0.2) is 74.4 Å². The molecule has 3 aromatic carbocycles. The van der Waals surface area contributed by atoms with Gasteiger partial charge in [-0.2, -0.15) is 0 Å². The van der Waals surface area contributed by atoms with Crippen molar-refractivity contribution in [2.45, 2.75) is 16.2 Å². The first-order chi connectivity index (χ1) is 13.5. The number of nitrogens with one attached hydrogen (secondary N) is 1. The third-order valence-corrected chi connectivity index (χ3v) is 7.02. The number of anilines is 1. The predicted octanol–water partition coefficient (Wildman–Crippen LogP) is 7.42. The first kappa shape index (κ1) is 19.5. The first-order valence-corrected chi connectivity index (χ1v) is 11.2. The van der Waals surface area contributed by atoms with Crippen molar-refractivity contribution in [1.29, 1.82) is 0 Å². The lowest BCUT2D eigenvalue weighted by Crippen LogP contribution is -2.12. The van der Waals surface area contributed by atoms with Crippen LogP contribution in [0.1, 0.15) is 15.9 Å². The van der Waals surface area contributed by atoms with Gasteiger partial charge in [-0.1, -0.05) is 51.4 Å². The molecule has 0 saturated heterocycles. The van der Waals surface area contributed by atoms with Crippen molar-refractivity contribution in [3.63, 3.8) is 0 Å². The number of aryl methyl sites for hydroxylation is 1. The Morgan fingerprint density at radius 3 is 2.71 bits per heavy atom. The minimum Gasteiger partial charge on any atom is -0.322 e. The zero-order valence-electron chi connectivity index (χ0n) is 14.7. The summed E-state index contributed by atoms with van der Waals surface area (Å²) in [7, 11) is 0. The third-order valence-electron chi connectivity index (χ3n) is 3.97. The maximum Gasteiger partial charge on any atom is 0.255 e. The van der Waals surface area contributed by atoms with Gasteiger partial charge in [0.15, 0.2) is 4.34 Å². The largest absolute Gasteiger partial charge is 0.322 e. The fraction of sp³-hybridized carbons (Fsp3) is 0.0476. The summed E-state index contributed by atoms with van der Waals surface area (Å²) < 4.78 is 2.96. The van der Waals surface area contributed by atoms with Crippen molar-refractivity contribution in [1.82, 2.24) is 4.98 Å². The molecule has 0 bridgehead atoms. The number of para-hydroxylation sites is 1. The molecule has 140 valence electrons. The minimum absolute atomic E-state index is 0.174. The van der Waals surface area contributed by atoms with Crippen LogP contribution in [0.2, 0.25) is 5.02 Å². The van der Waals surface area contributed by atoms with Crippen LogP contribution < -0.4 is 5.32 Å². The van der Waals surface area contributed by atoms with Gasteiger partial charge in [-0.05, 0) is 61.0 Å². The molecule has 4 rings (SSSR count). The molecule has 1 aromatic heterocycles. The normalized spacial score (nSPS) is 11.0. The third kappa shape index (κ3) is 4.41. The van der Waals surface area contributed by atoms with Crippen molar-refractivity contribution < 1.29 is 4.79 Å². The van der Waals surface area contributed by atoms with E-state index in [1.165, 1.54) is 11.8 Å². The van der Waals surface area contributed by atoms with E-state index in [0.717, 1.165) is 29.5 Å². The number of rotatable bonds is 4. The van der Waals surface area contributed by atoms with Gasteiger partial charge in [0.05, 0.1) is 15.2 Å². The van der Waals surface area contributed by atoms with Crippen molar-refractivity contribution >= 4 is 72.4 Å². The lowest BCUT2D eigenvalue weighted by Gasteiger charge is -2.09. The van der Waals surface area contributed by atoms with Gasteiger partial charge in [-0.3, -0.25) is 4.79 Å². The number of hydrogen-bond donors (Lipinski definition) is 1. The van der Waals surface area contributed by atoms with Crippen LogP contribution in [-0.2, 0) is 0 Å². The van der Waals surface area contributed by atoms with Crippen molar-refractivity contribution in [3.05, 3.63) is 81.3 Å². The van der Waals surface area contributed by atoms with Crippen LogP contribution in [0, 0.1) is 6.92 Å². The van der Waals surface area contributed by atoms with E-state index in [1.807, 2.05) is 49.4 Å². The summed E-state index contributed by atoms with van der Waals surface area (Å²) in [4.78, 5) is 18.0. The number of fused-ring (bicyclic) bond motifs is 1. The fourth-order valence-corrected chi connectivity index (χ4v) is 5.65. The highest BCUT2D eigenvalue weighted by atomic mass is 79.9. The van der Waals surface area contributed by atoms with Crippen LogP contribution in [0.5, 0.6) is 0 Å². The number of hydrogen-bond acceptors (Lipinski definition) is 4. The number of thiazole rings is 1. The summed E-state index contributed by atoms with van der Waals surface area (Å²) in [5.74, 6) is -0.174. The molecular weight excluding hydrogens is 476 g/mol. The van der Waals surface area contributed by atoms with E-state index in [1.54, 1.807) is 23.5 Å². The topological polar surface area (TPSA) is 42.0 Å². The van der Waals surface area contributed by atoms with E-state index in [4.69, 9.17) is 11.6 Å². The number of aromatic nitrogens is 1. The molecule has 7 heteroatoms. The number of benzene rings is 3. The van der Waals surface area contributed by atoms with Crippen molar-refractivity contribution in [2.24, 2.45) is 0 Å². The Hall–Kier alpha value is -1.86. The lowest BCUT2D eigenvalue weighted by molar-refractivity contribution is 0.102. The molecule has 0 aliphatic carbocycles. The highest BCUT2D eigenvalue weighted by molar-refractivity contribution is 9.10. The molecule has 0 saturated carbocycles. The van der Waals surface area contributed by atoms with E-state index in [9.17, 15) is 4.79 Å². The number of carbonyl (C=O) groups is 1. The van der Waals surface area contributed by atoms with Gasteiger partial charge in [-0.15, -0.1) is 11.3 Å². The summed E-state index contributed by atoms with van der Waals surface area (Å²) in [6.07, 6.45) is 0. The van der Waals surface area contributed by atoms with Crippen molar-refractivity contribution in [3.8, 4) is 0 Å². The Morgan fingerprint density at radius 1 is 1.14 bits per heavy atom. The standard InChI is InChI=1S/C21H14BrClN2OS2/c1-12-8-13(10-14(22)9-12)20(26)24-15-6-7-18(16(23)11-15)27-21-25-17-4-2-3-5-19(17)28-21/h2-11H,1H3,(H,24,26). The number of amides is 1. The van der Waals surface area contributed by atoms with Crippen LogP contribution in [0.4, 0.5) is 5.69 Å². The fourth-order valence-electron chi connectivity index (χ4n) is 2.72. The molecule has 0 fully saturated rings. The van der Waals surface area contributed by atoms with Crippen LogP contribution in [0.25, 0.3) is 10.2 Å². The molecular formula is C21H14BrClN2OS2. The van der Waals surface area contributed by atoms with Gasteiger partial charge in [0.1, 0.15) is 0 Å². The highest BCUT2D eigenvalue weighted by Gasteiger charge is 2.11. The summed E-state index contributed by atoms with van der Waals surface area (Å²) in [5, 5.41) is 3.48. The number of nitrogens with zero attached hydrogens (tertiary/aromatic N) is 1. The van der Waals surface area contributed by atoms with E-state index in [-0.39, 0.29) is 5.91 Å². The smallest absolute Gasteiger partial charge is 0.255 e. The van der Waals surface area contributed by atoms with Gasteiger partial charge in [0.2, 0.25) is 0 Å². The Balaban J connectivity index is 1.51. The van der Waals surface area contributed by atoms with Gasteiger partial charge < -0.3 is 5.32 Å². The predicted molar refractivity (Wildman–Crippen MR) is 122 cm³/mol. The summed E-state index contributed by atoms with van der Waals surface area (Å²) in [6, 6.07) is 19.2. The maximum atomic E-state index is 12.5. The Bertz CT molecular complexity index is 1140. The molecule has 0 unspecified atom stereocenters. The average molecular weight is 490 g/mol. The van der Waals surface area contributed by atoms with E-state index >= 15 is 0 Å². The first-order valence-electron chi connectivity index (χ1n) is 8.39. The van der Waals surface area contributed by atoms with Crippen LogP contribution >= 0.6 is 50.6 Å². The zero-order valence-corrected chi connectivity index (χ0v) is 18.7. The SMILES string of the molecule is Cc1cc(Br)cc(C(=O)Nc2ccc(Sc3nc4ccccc4s3)c(Cl)c2)c1. The van der Waals surface area contributed by atoms with Gasteiger partial charge in [0, 0.05) is 20.6 Å². The van der Waals surface area contributed by atoms with Gasteiger partial charge >= 0.3 is 0 Å². The second-order valence-electron chi connectivity index (χ2n) is 6.17. The molecule has 0 spiro atoms. The molecule has 0 atom stereocenters. The van der Waals surface area contributed by atoms with E-state index in [2.05, 4.69) is 32.3 Å². The minimum atomic E-state index is -0.174. The molecule has 28 heavy (non-hydrogen) atoms. The molecule has 0 radical (unpaired) electrons. The summed E-state index contributed by atoms with van der Waals surface area (Å²) in [5.41, 5.74) is 3.25. The average Bonchev–Trinajstić information content (AvgIpc) is 3.05. The number of carbonyl (C=O) groups excluding carboxylic acids is 1. The Morgan fingerprint density at radius 2 is 1.96 bits per heavy atom. The second-order valence-corrected chi connectivity index (χ2v) is 9.81. The molecule has 1 amide bonds. The summed E-state index contributed by atoms with van der Waals surface area (Å²) in [6.45, 7) is 1.95. The maximum absolute atomic E-state index is 12.5. The summed E-state index contributed by atoms with van der Waals surface area (Å²) >= 11 is 13.0. The van der Waals surface area contributed by atoms with Crippen LogP contribution in [0.3, 0.4) is 0 Å². The molecule has 1 heterocycles. The lowest BCUT2D eigenvalue weighted by atomic mass is 10.1. The highest BCUT2D eigenvalue weighted by Crippen LogP contribution is 2.38. The molecule has 0 aliphatic heterocycles. The van der Waals surface area contributed by atoms with Crippen LogP contribution in [-0.4, -0.2) is 10.9 Å². The monoisotopic (exact) mass is 488 g/mol. The molecule has 0 aliphatic rings. The number of halogens is 2. The molecule has 1 N–H and O–H groups in total.